The Kier molecular flexibility index (Phi) is 5.55. The van der Waals surface area contributed by atoms with Crippen LogP contribution < -0.4 is 11.1 Å². The van der Waals surface area contributed by atoms with E-state index >= 15 is 0 Å². The number of carbonyl (C=O) groups is 1. The molecule has 1 amide bonds. The minimum Gasteiger partial charge on any atom is -0.393 e. The molecule has 1 saturated carbocycles. The number of nitrogens with one attached hydrogen (secondary N) is 1. The summed E-state index contributed by atoms with van der Waals surface area (Å²) < 4.78 is 0. The first-order chi connectivity index (χ1) is 7.54. The smallest absolute Gasteiger partial charge is 0.229 e. The van der Waals surface area contributed by atoms with Gasteiger partial charge in [0.2, 0.25) is 5.91 Å². The molecule has 0 saturated heterocycles. The Labute approximate surface area is 107 Å². The van der Waals surface area contributed by atoms with E-state index in [9.17, 15) is 4.79 Å². The maximum absolute atomic E-state index is 11.7. The number of carbonyl (C=O) groups excluding carboxylic acids is 1. The molecule has 0 aromatic rings. The van der Waals surface area contributed by atoms with Crippen LogP contribution in [-0.4, -0.2) is 28.4 Å². The Morgan fingerprint density at radius 1 is 1.44 bits per heavy atom. The molecular formula is C11H20N2OS2. The van der Waals surface area contributed by atoms with Crippen LogP contribution in [0.15, 0.2) is 0 Å². The molecule has 1 aliphatic rings. The molecule has 0 spiro atoms. The molecule has 0 aromatic heterocycles. The molecule has 0 aliphatic heterocycles. The molecular weight excluding hydrogens is 240 g/mol. The zero-order valence-corrected chi connectivity index (χ0v) is 11.5. The molecule has 0 bridgehead atoms. The standard InChI is InChI=1S/C11H20N2OS2/c1-7(10(12)15)11(14)13-8-3-5-9(16-2)6-4-8/h7-9H,3-6H2,1-2H3,(H2,12,15)(H,13,14). The SMILES string of the molecule is CSC1CCC(NC(=O)C(C)C(N)=S)CC1. The third-order valence-electron chi connectivity index (χ3n) is 3.17. The Morgan fingerprint density at radius 2 is 2.00 bits per heavy atom. The van der Waals surface area contributed by atoms with Gasteiger partial charge in [0.25, 0.3) is 0 Å². The lowest BCUT2D eigenvalue weighted by Crippen LogP contribution is -2.43. The first-order valence-electron chi connectivity index (χ1n) is 5.67. The molecule has 5 heteroatoms. The van der Waals surface area contributed by atoms with Gasteiger partial charge in [-0.3, -0.25) is 4.79 Å². The predicted molar refractivity (Wildman–Crippen MR) is 73.7 cm³/mol. The van der Waals surface area contributed by atoms with E-state index in [1.807, 2.05) is 11.8 Å². The molecule has 1 aliphatic carbocycles. The molecule has 92 valence electrons. The van der Waals surface area contributed by atoms with Gasteiger partial charge in [-0.05, 0) is 38.9 Å². The Bertz CT molecular complexity index is 263. The van der Waals surface area contributed by atoms with E-state index in [1.165, 1.54) is 12.8 Å². The summed E-state index contributed by atoms with van der Waals surface area (Å²) in [6, 6.07) is 0.313. The summed E-state index contributed by atoms with van der Waals surface area (Å²) in [6.07, 6.45) is 6.67. The average molecular weight is 260 g/mol. The van der Waals surface area contributed by atoms with Crippen LogP contribution >= 0.6 is 24.0 Å². The van der Waals surface area contributed by atoms with Gasteiger partial charge in [-0.2, -0.15) is 11.8 Å². The lowest BCUT2D eigenvalue weighted by Gasteiger charge is -2.28. The molecule has 16 heavy (non-hydrogen) atoms. The summed E-state index contributed by atoms with van der Waals surface area (Å²) in [5, 5.41) is 3.79. The van der Waals surface area contributed by atoms with E-state index < -0.39 is 0 Å². The van der Waals surface area contributed by atoms with E-state index in [0.717, 1.165) is 18.1 Å². The van der Waals surface area contributed by atoms with E-state index in [-0.39, 0.29) is 16.8 Å². The van der Waals surface area contributed by atoms with Crippen LogP contribution in [0.2, 0.25) is 0 Å². The summed E-state index contributed by atoms with van der Waals surface area (Å²) >= 11 is 6.74. The molecule has 3 N–H and O–H groups in total. The highest BCUT2D eigenvalue weighted by Gasteiger charge is 2.24. The third kappa shape index (κ3) is 3.94. The van der Waals surface area contributed by atoms with E-state index in [2.05, 4.69) is 11.6 Å². The van der Waals surface area contributed by atoms with Crippen molar-refractivity contribution in [2.24, 2.45) is 11.7 Å². The number of hydrogen-bond donors (Lipinski definition) is 2. The van der Waals surface area contributed by atoms with E-state index in [1.54, 1.807) is 6.92 Å². The van der Waals surface area contributed by atoms with Crippen molar-refractivity contribution < 1.29 is 4.79 Å². The van der Waals surface area contributed by atoms with Crippen LogP contribution in [0.25, 0.3) is 0 Å². The quantitative estimate of drug-likeness (QED) is 0.756. The fourth-order valence-electron chi connectivity index (χ4n) is 1.90. The maximum atomic E-state index is 11.7. The second kappa shape index (κ2) is 6.45. The maximum Gasteiger partial charge on any atom is 0.229 e. The van der Waals surface area contributed by atoms with Gasteiger partial charge in [0, 0.05) is 11.3 Å². The highest BCUT2D eigenvalue weighted by atomic mass is 32.2. The van der Waals surface area contributed by atoms with Crippen molar-refractivity contribution >= 4 is 34.9 Å². The fourth-order valence-corrected chi connectivity index (χ4v) is 2.75. The monoisotopic (exact) mass is 260 g/mol. The van der Waals surface area contributed by atoms with Crippen molar-refractivity contribution in [1.82, 2.24) is 5.32 Å². The van der Waals surface area contributed by atoms with Crippen LogP contribution in [0.3, 0.4) is 0 Å². The average Bonchev–Trinajstić information content (AvgIpc) is 2.28. The van der Waals surface area contributed by atoms with Gasteiger partial charge >= 0.3 is 0 Å². The molecule has 0 aromatic carbocycles. The number of nitrogens with two attached hydrogens (primary N) is 1. The van der Waals surface area contributed by atoms with Crippen molar-refractivity contribution in [3.8, 4) is 0 Å². The molecule has 0 radical (unpaired) electrons. The predicted octanol–water partition coefficient (Wildman–Crippen LogP) is 1.70. The van der Waals surface area contributed by atoms with Crippen LogP contribution in [0.4, 0.5) is 0 Å². The number of rotatable bonds is 4. The van der Waals surface area contributed by atoms with Crippen molar-refractivity contribution in [2.75, 3.05) is 6.26 Å². The first-order valence-corrected chi connectivity index (χ1v) is 7.36. The highest BCUT2D eigenvalue weighted by molar-refractivity contribution is 7.99. The Morgan fingerprint density at radius 3 is 2.44 bits per heavy atom. The zero-order valence-electron chi connectivity index (χ0n) is 9.86. The van der Waals surface area contributed by atoms with Crippen molar-refractivity contribution in [1.29, 1.82) is 0 Å². The lowest BCUT2D eigenvalue weighted by atomic mass is 9.94. The zero-order chi connectivity index (χ0) is 12.1. The number of hydrogen-bond acceptors (Lipinski definition) is 3. The van der Waals surface area contributed by atoms with Crippen molar-refractivity contribution in [3.05, 3.63) is 0 Å². The topological polar surface area (TPSA) is 55.1 Å². The first kappa shape index (κ1) is 13.8. The normalized spacial score (nSPS) is 27.1. The summed E-state index contributed by atoms with van der Waals surface area (Å²) in [5.74, 6) is -0.381. The summed E-state index contributed by atoms with van der Waals surface area (Å²) in [6.45, 7) is 1.76. The van der Waals surface area contributed by atoms with Gasteiger partial charge in [0.05, 0.1) is 10.9 Å². The van der Waals surface area contributed by atoms with Crippen LogP contribution in [-0.2, 0) is 4.79 Å². The highest BCUT2D eigenvalue weighted by Crippen LogP contribution is 2.26. The second-order valence-corrected chi connectivity index (χ2v) is 5.95. The molecule has 1 atom stereocenters. The summed E-state index contributed by atoms with van der Waals surface area (Å²) in [4.78, 5) is 12.0. The van der Waals surface area contributed by atoms with Gasteiger partial charge in [-0.25, -0.2) is 0 Å². The van der Waals surface area contributed by atoms with Gasteiger partial charge in [0.15, 0.2) is 0 Å². The van der Waals surface area contributed by atoms with Crippen LogP contribution in [0, 0.1) is 5.92 Å². The summed E-state index contributed by atoms with van der Waals surface area (Å²) in [7, 11) is 0. The molecule has 1 unspecified atom stereocenters. The lowest BCUT2D eigenvalue weighted by molar-refractivity contribution is -0.123. The molecule has 1 fully saturated rings. The van der Waals surface area contributed by atoms with E-state index in [4.69, 9.17) is 18.0 Å². The molecule has 0 heterocycles. The van der Waals surface area contributed by atoms with Gasteiger partial charge in [-0.15, -0.1) is 0 Å². The van der Waals surface area contributed by atoms with Crippen LogP contribution in [0.5, 0.6) is 0 Å². The summed E-state index contributed by atoms with van der Waals surface area (Å²) in [5.41, 5.74) is 5.45. The molecule has 1 rings (SSSR count). The third-order valence-corrected chi connectivity index (χ3v) is 4.67. The molecule has 3 nitrogen and oxygen atoms in total. The van der Waals surface area contributed by atoms with E-state index in [0.29, 0.717) is 6.04 Å². The van der Waals surface area contributed by atoms with Gasteiger partial charge in [0.1, 0.15) is 0 Å². The number of amides is 1. The fraction of sp³-hybridized carbons (Fsp3) is 0.818. The van der Waals surface area contributed by atoms with Gasteiger partial charge in [-0.1, -0.05) is 12.2 Å². The van der Waals surface area contributed by atoms with Crippen LogP contribution in [0.1, 0.15) is 32.6 Å². The minimum absolute atomic E-state index is 0.0277. The number of thioether (sulfide) groups is 1. The van der Waals surface area contributed by atoms with Gasteiger partial charge < -0.3 is 11.1 Å². The second-order valence-electron chi connectivity index (χ2n) is 4.34. The van der Waals surface area contributed by atoms with Crippen molar-refractivity contribution in [3.63, 3.8) is 0 Å². The minimum atomic E-state index is -0.353. The Hall–Kier alpha value is -0.290. The largest absolute Gasteiger partial charge is 0.393 e. The Balaban J connectivity index is 2.33. The van der Waals surface area contributed by atoms with Crippen molar-refractivity contribution in [2.45, 2.75) is 43.9 Å². The number of thiocarbonyl (C=S) groups is 1.